The van der Waals surface area contributed by atoms with Crippen molar-refractivity contribution in [2.24, 2.45) is 0 Å². The molecule has 6 heteroatoms. The van der Waals surface area contributed by atoms with E-state index in [1.165, 1.54) is 10.6 Å². The van der Waals surface area contributed by atoms with E-state index < -0.39 is 11.4 Å². The third-order valence-corrected chi connectivity index (χ3v) is 4.23. The second-order valence-electron chi connectivity index (χ2n) is 5.52. The average molecular weight is 346 g/mol. The molecular weight excluding hydrogens is 330 g/mol. The molecule has 0 aliphatic rings. The lowest BCUT2D eigenvalue weighted by Gasteiger charge is -2.12. The van der Waals surface area contributed by atoms with Crippen molar-refractivity contribution in [3.8, 4) is 5.75 Å². The summed E-state index contributed by atoms with van der Waals surface area (Å²) in [6.07, 6.45) is 0. The first kappa shape index (κ1) is 16.3. The number of fused-ring (bicyclic) bond motifs is 1. The van der Waals surface area contributed by atoms with Crippen LogP contribution in [0.2, 0.25) is 5.02 Å². The van der Waals surface area contributed by atoms with Crippen LogP contribution in [-0.4, -0.2) is 11.2 Å². The molecule has 0 spiro atoms. The van der Waals surface area contributed by atoms with Gasteiger partial charge in [-0.05, 0) is 49.2 Å². The molecular formula is C18H16ClNO4. The molecule has 0 saturated heterocycles. The summed E-state index contributed by atoms with van der Waals surface area (Å²) in [4.78, 5) is 23.8. The molecule has 0 N–H and O–H groups in total. The SMILES string of the molecule is Cc1cccc(OCCn2c(=O)oc(=O)c3cc(Cl)ccc32)c1C. The summed E-state index contributed by atoms with van der Waals surface area (Å²) in [5.41, 5.74) is 1.98. The molecule has 0 saturated carbocycles. The predicted molar refractivity (Wildman–Crippen MR) is 93.2 cm³/mol. The lowest BCUT2D eigenvalue weighted by Crippen LogP contribution is -2.27. The topological polar surface area (TPSA) is 61.4 Å². The number of aromatic nitrogens is 1. The summed E-state index contributed by atoms with van der Waals surface area (Å²) in [7, 11) is 0. The number of ether oxygens (including phenoxy) is 1. The van der Waals surface area contributed by atoms with Gasteiger partial charge in [-0.25, -0.2) is 9.59 Å². The van der Waals surface area contributed by atoms with E-state index in [1.807, 2.05) is 32.0 Å². The molecule has 5 nitrogen and oxygen atoms in total. The Labute approximate surface area is 143 Å². The molecule has 0 fully saturated rings. The van der Waals surface area contributed by atoms with Gasteiger partial charge in [0.05, 0.1) is 17.4 Å². The van der Waals surface area contributed by atoms with Gasteiger partial charge >= 0.3 is 11.4 Å². The molecule has 1 aromatic heterocycles. The Bertz CT molecular complexity index is 1020. The second-order valence-corrected chi connectivity index (χ2v) is 5.95. The molecule has 1 heterocycles. The van der Waals surface area contributed by atoms with Crippen LogP contribution in [0, 0.1) is 13.8 Å². The quantitative estimate of drug-likeness (QED) is 0.728. The zero-order chi connectivity index (χ0) is 17.3. The van der Waals surface area contributed by atoms with Crippen molar-refractivity contribution in [3.05, 3.63) is 73.5 Å². The monoisotopic (exact) mass is 345 g/mol. The lowest BCUT2D eigenvalue weighted by atomic mass is 10.1. The lowest BCUT2D eigenvalue weighted by molar-refractivity contribution is 0.285. The molecule has 2 aromatic carbocycles. The Morgan fingerprint density at radius 2 is 1.96 bits per heavy atom. The zero-order valence-electron chi connectivity index (χ0n) is 13.3. The first-order chi connectivity index (χ1) is 11.5. The third-order valence-electron chi connectivity index (χ3n) is 4.00. The smallest absolute Gasteiger partial charge is 0.422 e. The van der Waals surface area contributed by atoms with Gasteiger partial charge in [0.15, 0.2) is 0 Å². The number of aryl methyl sites for hydroxylation is 1. The van der Waals surface area contributed by atoms with E-state index in [0.717, 1.165) is 16.9 Å². The van der Waals surface area contributed by atoms with Crippen molar-refractivity contribution in [1.29, 1.82) is 0 Å². The predicted octanol–water partition coefficient (Wildman–Crippen LogP) is 3.30. The van der Waals surface area contributed by atoms with Crippen LogP contribution >= 0.6 is 11.6 Å². The van der Waals surface area contributed by atoms with Crippen molar-refractivity contribution < 1.29 is 9.15 Å². The van der Waals surface area contributed by atoms with Gasteiger partial charge in [-0.1, -0.05) is 23.7 Å². The van der Waals surface area contributed by atoms with Gasteiger partial charge in [0, 0.05) is 5.02 Å². The Morgan fingerprint density at radius 3 is 2.75 bits per heavy atom. The fraction of sp³-hybridized carbons (Fsp3) is 0.222. The minimum absolute atomic E-state index is 0.258. The summed E-state index contributed by atoms with van der Waals surface area (Å²) in [5, 5.41) is 0.681. The summed E-state index contributed by atoms with van der Waals surface area (Å²) in [6.45, 7) is 4.52. The highest BCUT2D eigenvalue weighted by Gasteiger charge is 2.10. The average Bonchev–Trinajstić information content (AvgIpc) is 2.54. The summed E-state index contributed by atoms with van der Waals surface area (Å²) in [6, 6.07) is 10.6. The minimum atomic E-state index is -0.709. The van der Waals surface area contributed by atoms with Crippen molar-refractivity contribution in [3.63, 3.8) is 0 Å². The summed E-state index contributed by atoms with van der Waals surface area (Å²) < 4.78 is 11.9. The van der Waals surface area contributed by atoms with Crippen molar-refractivity contribution in [1.82, 2.24) is 4.57 Å². The fourth-order valence-electron chi connectivity index (χ4n) is 2.53. The van der Waals surface area contributed by atoms with Crippen LogP contribution in [0.25, 0.3) is 10.9 Å². The van der Waals surface area contributed by atoms with E-state index >= 15 is 0 Å². The van der Waals surface area contributed by atoms with E-state index in [2.05, 4.69) is 0 Å². The maximum absolute atomic E-state index is 12.0. The Balaban J connectivity index is 1.89. The number of nitrogens with zero attached hydrogens (tertiary/aromatic N) is 1. The molecule has 3 rings (SSSR count). The van der Waals surface area contributed by atoms with E-state index in [9.17, 15) is 9.59 Å². The second kappa shape index (κ2) is 6.53. The maximum atomic E-state index is 12.0. The number of halogens is 1. The normalized spacial score (nSPS) is 11.0. The van der Waals surface area contributed by atoms with Crippen LogP contribution < -0.4 is 16.1 Å². The molecule has 124 valence electrons. The van der Waals surface area contributed by atoms with E-state index in [0.29, 0.717) is 10.5 Å². The molecule has 0 aliphatic carbocycles. The number of hydrogen-bond acceptors (Lipinski definition) is 4. The van der Waals surface area contributed by atoms with Crippen LogP contribution in [0.3, 0.4) is 0 Å². The van der Waals surface area contributed by atoms with Gasteiger partial charge in [-0.15, -0.1) is 0 Å². The molecule has 0 radical (unpaired) electrons. The molecule has 0 unspecified atom stereocenters. The molecule has 0 bridgehead atoms. The first-order valence-corrected chi connectivity index (χ1v) is 7.87. The van der Waals surface area contributed by atoms with Gasteiger partial charge in [0.25, 0.3) is 0 Å². The number of hydrogen-bond donors (Lipinski definition) is 0. The molecule has 3 aromatic rings. The highest BCUT2D eigenvalue weighted by atomic mass is 35.5. The maximum Gasteiger partial charge on any atom is 0.422 e. The number of benzene rings is 2. The Hall–Kier alpha value is -2.53. The molecule has 24 heavy (non-hydrogen) atoms. The van der Waals surface area contributed by atoms with Gasteiger partial charge < -0.3 is 9.15 Å². The Morgan fingerprint density at radius 1 is 1.17 bits per heavy atom. The highest BCUT2D eigenvalue weighted by Crippen LogP contribution is 2.20. The van der Waals surface area contributed by atoms with Gasteiger partial charge in [0.1, 0.15) is 12.4 Å². The molecule has 0 atom stereocenters. The van der Waals surface area contributed by atoms with Crippen LogP contribution in [0.1, 0.15) is 11.1 Å². The standard InChI is InChI=1S/C18H16ClNO4/c1-11-4-3-5-16(12(11)2)23-9-8-20-15-7-6-13(19)10-14(15)17(21)24-18(20)22/h3-7,10H,8-9H2,1-2H3. The van der Waals surface area contributed by atoms with Crippen LogP contribution in [0.15, 0.2) is 50.4 Å². The van der Waals surface area contributed by atoms with E-state index in [4.69, 9.17) is 20.8 Å². The van der Waals surface area contributed by atoms with E-state index in [-0.39, 0.29) is 18.5 Å². The summed E-state index contributed by atoms with van der Waals surface area (Å²) >= 11 is 5.91. The molecule has 0 aliphatic heterocycles. The highest BCUT2D eigenvalue weighted by molar-refractivity contribution is 6.31. The zero-order valence-corrected chi connectivity index (χ0v) is 14.1. The summed E-state index contributed by atoms with van der Waals surface area (Å²) in [5.74, 6) is 0.0622. The number of rotatable bonds is 4. The van der Waals surface area contributed by atoms with Gasteiger partial charge in [-0.3, -0.25) is 4.57 Å². The van der Waals surface area contributed by atoms with Gasteiger partial charge in [0.2, 0.25) is 0 Å². The van der Waals surface area contributed by atoms with Crippen LogP contribution in [0.4, 0.5) is 0 Å². The van der Waals surface area contributed by atoms with Crippen molar-refractivity contribution in [2.45, 2.75) is 20.4 Å². The first-order valence-electron chi connectivity index (χ1n) is 7.49. The third kappa shape index (κ3) is 3.08. The van der Waals surface area contributed by atoms with Crippen molar-refractivity contribution >= 4 is 22.5 Å². The minimum Gasteiger partial charge on any atom is -0.491 e. The van der Waals surface area contributed by atoms with Crippen LogP contribution in [0.5, 0.6) is 5.75 Å². The van der Waals surface area contributed by atoms with Crippen LogP contribution in [-0.2, 0) is 6.54 Å². The Kier molecular flexibility index (Phi) is 4.44. The fourth-order valence-corrected chi connectivity index (χ4v) is 2.71. The largest absolute Gasteiger partial charge is 0.491 e. The van der Waals surface area contributed by atoms with Gasteiger partial charge in [-0.2, -0.15) is 0 Å². The van der Waals surface area contributed by atoms with Crippen molar-refractivity contribution in [2.75, 3.05) is 6.61 Å². The molecule has 0 amide bonds. The van der Waals surface area contributed by atoms with E-state index in [1.54, 1.807) is 12.1 Å².